The van der Waals surface area contributed by atoms with E-state index in [4.69, 9.17) is 10.5 Å². The largest absolute Gasteiger partial charge is 0.483 e. The highest BCUT2D eigenvalue weighted by Crippen LogP contribution is 2.28. The van der Waals surface area contributed by atoms with Gasteiger partial charge in [-0.05, 0) is 25.0 Å². The Kier molecular flexibility index (Phi) is 6.25. The van der Waals surface area contributed by atoms with Gasteiger partial charge >= 0.3 is 0 Å². The number of ether oxygens (including phenoxy) is 1. The van der Waals surface area contributed by atoms with Crippen molar-refractivity contribution in [1.29, 1.82) is 0 Å². The van der Waals surface area contributed by atoms with Crippen LogP contribution < -0.4 is 15.8 Å². The molecule has 0 radical (unpaired) electrons. The number of carbonyl (C=O) groups is 2. The van der Waals surface area contributed by atoms with Crippen molar-refractivity contribution in [1.82, 2.24) is 10.2 Å². The highest BCUT2D eigenvalue weighted by atomic mass is 32.1. The minimum absolute atomic E-state index is 0.290. The zero-order valence-electron chi connectivity index (χ0n) is 13.6. The molecular weight excluding hydrogens is 328 g/mol. The number of hydrogen-bond donors (Lipinski definition) is 2. The zero-order valence-corrected chi connectivity index (χ0v) is 14.4. The van der Waals surface area contributed by atoms with E-state index in [2.05, 4.69) is 29.4 Å². The van der Waals surface area contributed by atoms with Crippen LogP contribution in [0.15, 0.2) is 24.3 Å². The average molecular weight is 348 g/mol. The molecule has 8 heteroatoms. The lowest BCUT2D eigenvalue weighted by Gasteiger charge is -2.09. The first-order valence-electron chi connectivity index (χ1n) is 7.70. The number of primary amides is 1. The molecule has 0 bridgehead atoms. The van der Waals surface area contributed by atoms with Crippen molar-refractivity contribution in [2.24, 2.45) is 5.73 Å². The molecule has 2 rings (SSSR count). The molecule has 24 heavy (non-hydrogen) atoms. The fraction of sp³-hybridized carbons (Fsp3) is 0.375. The third kappa shape index (κ3) is 4.51. The summed E-state index contributed by atoms with van der Waals surface area (Å²) >= 11 is 1.37. The van der Waals surface area contributed by atoms with E-state index in [1.54, 1.807) is 24.3 Å². The molecule has 0 aliphatic heterocycles. The molecule has 0 saturated heterocycles. The van der Waals surface area contributed by atoms with Crippen molar-refractivity contribution in [3.8, 4) is 5.75 Å². The number of nitrogens with one attached hydrogen (secondary N) is 1. The standard InChI is InChI=1S/C16H20N4O3S/c1-3-10(4-2)15-19-20-16(24-15)18-14(22)11-7-5-6-8-12(11)23-9-13(17)21/h5-8,10H,3-4,9H2,1-2H3,(H2,17,21)(H,18,20,22). The van der Waals surface area contributed by atoms with Gasteiger partial charge in [-0.2, -0.15) is 0 Å². The van der Waals surface area contributed by atoms with E-state index in [1.165, 1.54) is 11.3 Å². The van der Waals surface area contributed by atoms with Crippen LogP contribution in [0.5, 0.6) is 5.75 Å². The third-order valence-electron chi connectivity index (χ3n) is 3.50. The Morgan fingerprint density at radius 2 is 1.96 bits per heavy atom. The Balaban J connectivity index is 2.11. The summed E-state index contributed by atoms with van der Waals surface area (Å²) in [5.41, 5.74) is 5.37. The Labute approximate surface area is 144 Å². The maximum atomic E-state index is 12.4. The molecule has 2 amide bonds. The number of rotatable bonds is 8. The molecular formula is C16H20N4O3S. The maximum absolute atomic E-state index is 12.4. The highest BCUT2D eigenvalue weighted by Gasteiger charge is 2.17. The van der Waals surface area contributed by atoms with E-state index < -0.39 is 5.91 Å². The van der Waals surface area contributed by atoms with Crippen LogP contribution in [-0.4, -0.2) is 28.6 Å². The monoisotopic (exact) mass is 348 g/mol. The van der Waals surface area contributed by atoms with Crippen LogP contribution in [-0.2, 0) is 4.79 Å². The van der Waals surface area contributed by atoms with Crippen molar-refractivity contribution in [3.63, 3.8) is 0 Å². The summed E-state index contributed by atoms with van der Waals surface area (Å²) < 4.78 is 5.27. The number of para-hydroxylation sites is 1. The van der Waals surface area contributed by atoms with Crippen LogP contribution in [0.2, 0.25) is 0 Å². The summed E-state index contributed by atoms with van der Waals surface area (Å²) in [5, 5.41) is 12.2. The predicted octanol–water partition coefficient (Wildman–Crippen LogP) is 2.56. The van der Waals surface area contributed by atoms with Crippen LogP contribution in [0.3, 0.4) is 0 Å². The van der Waals surface area contributed by atoms with Gasteiger partial charge in [-0.3, -0.25) is 14.9 Å². The van der Waals surface area contributed by atoms with E-state index in [0.29, 0.717) is 22.4 Å². The fourth-order valence-electron chi connectivity index (χ4n) is 2.18. The number of aromatic nitrogens is 2. The lowest BCUT2D eigenvalue weighted by Crippen LogP contribution is -2.21. The minimum Gasteiger partial charge on any atom is -0.483 e. The molecule has 3 N–H and O–H groups in total. The normalized spacial score (nSPS) is 10.6. The molecule has 0 atom stereocenters. The van der Waals surface area contributed by atoms with Crippen molar-refractivity contribution in [2.45, 2.75) is 32.6 Å². The first-order chi connectivity index (χ1) is 11.5. The van der Waals surface area contributed by atoms with Crippen LogP contribution in [0.4, 0.5) is 5.13 Å². The molecule has 7 nitrogen and oxygen atoms in total. The number of hydrogen-bond acceptors (Lipinski definition) is 6. The lowest BCUT2D eigenvalue weighted by atomic mass is 10.1. The second-order valence-corrected chi connectivity index (χ2v) is 6.17. The summed E-state index contributed by atoms with van der Waals surface area (Å²) in [4.78, 5) is 23.3. The van der Waals surface area contributed by atoms with E-state index in [1.807, 2.05) is 0 Å². The van der Waals surface area contributed by atoms with Crippen LogP contribution in [0, 0.1) is 0 Å². The first-order valence-corrected chi connectivity index (χ1v) is 8.51. The van der Waals surface area contributed by atoms with Crippen LogP contribution in [0.1, 0.15) is 48.0 Å². The molecule has 0 spiro atoms. The molecule has 1 aromatic carbocycles. The predicted molar refractivity (Wildman–Crippen MR) is 92.3 cm³/mol. The highest BCUT2D eigenvalue weighted by molar-refractivity contribution is 7.15. The van der Waals surface area contributed by atoms with E-state index >= 15 is 0 Å². The third-order valence-corrected chi connectivity index (χ3v) is 4.50. The van der Waals surface area contributed by atoms with Gasteiger partial charge < -0.3 is 10.5 Å². The Hall–Kier alpha value is -2.48. The van der Waals surface area contributed by atoms with Crippen LogP contribution >= 0.6 is 11.3 Å². The van der Waals surface area contributed by atoms with E-state index in [0.717, 1.165) is 17.8 Å². The van der Waals surface area contributed by atoms with Gasteiger partial charge in [0.2, 0.25) is 5.13 Å². The van der Waals surface area contributed by atoms with Gasteiger partial charge in [0.15, 0.2) is 6.61 Å². The summed E-state index contributed by atoms with van der Waals surface area (Å²) in [5.74, 6) is -0.343. The molecule has 0 saturated carbocycles. The Morgan fingerprint density at radius 1 is 1.25 bits per heavy atom. The first kappa shape index (κ1) is 17.9. The Morgan fingerprint density at radius 3 is 2.62 bits per heavy atom. The van der Waals surface area contributed by atoms with Gasteiger partial charge in [-0.1, -0.05) is 37.3 Å². The van der Waals surface area contributed by atoms with Crippen molar-refractivity contribution in [3.05, 3.63) is 34.8 Å². The summed E-state index contributed by atoms with van der Waals surface area (Å²) in [6.45, 7) is 3.90. The SMILES string of the molecule is CCC(CC)c1nnc(NC(=O)c2ccccc2OCC(N)=O)s1. The van der Waals surface area contributed by atoms with Gasteiger partial charge in [0.1, 0.15) is 10.8 Å². The fourth-order valence-corrected chi connectivity index (χ4v) is 3.19. The van der Waals surface area contributed by atoms with Crippen molar-refractivity contribution < 1.29 is 14.3 Å². The summed E-state index contributed by atoms with van der Waals surface area (Å²) in [6, 6.07) is 6.63. The van der Waals surface area contributed by atoms with Gasteiger partial charge in [-0.15, -0.1) is 10.2 Å². The Bertz CT molecular complexity index is 713. The van der Waals surface area contributed by atoms with Gasteiger partial charge in [0.25, 0.3) is 11.8 Å². The number of amides is 2. The van der Waals surface area contributed by atoms with E-state index in [9.17, 15) is 9.59 Å². The molecule has 0 fully saturated rings. The minimum atomic E-state index is -0.607. The van der Waals surface area contributed by atoms with Gasteiger partial charge in [0.05, 0.1) is 5.56 Å². The molecule has 0 unspecified atom stereocenters. The summed E-state index contributed by atoms with van der Waals surface area (Å²) in [6.07, 6.45) is 1.95. The molecule has 1 heterocycles. The molecule has 0 aliphatic rings. The number of nitrogens with zero attached hydrogens (tertiary/aromatic N) is 2. The quantitative estimate of drug-likeness (QED) is 0.762. The zero-order chi connectivity index (χ0) is 17.5. The molecule has 2 aromatic rings. The topological polar surface area (TPSA) is 107 Å². The smallest absolute Gasteiger partial charge is 0.261 e. The molecule has 1 aromatic heterocycles. The number of benzene rings is 1. The molecule has 0 aliphatic carbocycles. The summed E-state index contributed by atoms with van der Waals surface area (Å²) in [7, 11) is 0. The maximum Gasteiger partial charge on any atom is 0.261 e. The average Bonchev–Trinajstić information content (AvgIpc) is 3.02. The number of nitrogens with two attached hydrogens (primary N) is 1. The van der Waals surface area contributed by atoms with Gasteiger partial charge in [0, 0.05) is 5.92 Å². The van der Waals surface area contributed by atoms with E-state index in [-0.39, 0.29) is 12.5 Å². The van der Waals surface area contributed by atoms with Gasteiger partial charge in [-0.25, -0.2) is 0 Å². The van der Waals surface area contributed by atoms with Crippen molar-refractivity contribution in [2.75, 3.05) is 11.9 Å². The number of anilines is 1. The van der Waals surface area contributed by atoms with Crippen molar-refractivity contribution >= 4 is 28.3 Å². The second kappa shape index (κ2) is 8.39. The second-order valence-electron chi connectivity index (χ2n) is 5.16. The van der Waals surface area contributed by atoms with Crippen LogP contribution in [0.25, 0.3) is 0 Å². The lowest BCUT2D eigenvalue weighted by molar-refractivity contribution is -0.119. The number of carbonyl (C=O) groups excluding carboxylic acids is 2. The molecule has 128 valence electrons.